The van der Waals surface area contributed by atoms with E-state index in [0.717, 1.165) is 25.0 Å². The Labute approximate surface area is 119 Å². The summed E-state index contributed by atoms with van der Waals surface area (Å²) in [5.41, 5.74) is 5.19. The maximum absolute atomic E-state index is 13.6. The first-order chi connectivity index (χ1) is 9.38. The van der Waals surface area contributed by atoms with E-state index in [4.69, 9.17) is 5.73 Å². The fourth-order valence-corrected chi connectivity index (χ4v) is 2.71. The molecule has 7 heteroatoms. The summed E-state index contributed by atoms with van der Waals surface area (Å²) in [7, 11) is -2.11. The molecule has 0 saturated carbocycles. The third-order valence-corrected chi connectivity index (χ3v) is 4.39. The Hall–Kier alpha value is -1.50. The van der Waals surface area contributed by atoms with Gasteiger partial charge in [0.1, 0.15) is 21.8 Å². The zero-order valence-corrected chi connectivity index (χ0v) is 12.2. The van der Waals surface area contributed by atoms with Crippen molar-refractivity contribution in [3.05, 3.63) is 23.8 Å². The minimum absolute atomic E-state index is 0.0965. The van der Waals surface area contributed by atoms with Crippen molar-refractivity contribution in [2.45, 2.75) is 36.8 Å². The van der Waals surface area contributed by atoms with Crippen molar-refractivity contribution in [2.24, 2.45) is 0 Å². The van der Waals surface area contributed by atoms with Crippen molar-refractivity contribution in [1.82, 2.24) is 5.32 Å². The minimum atomic E-state index is -2.11. The topological polar surface area (TPSA) is 72.2 Å². The number of nitrogen functional groups attached to an aromatic ring is 1. The van der Waals surface area contributed by atoms with Gasteiger partial charge >= 0.3 is 0 Å². The zero-order chi connectivity index (χ0) is 15.3. The monoisotopic (exact) mass is 304 g/mol. The molecule has 0 bridgehead atoms. The van der Waals surface area contributed by atoms with Crippen molar-refractivity contribution in [2.75, 3.05) is 12.3 Å². The Morgan fingerprint density at radius 2 is 1.95 bits per heavy atom. The fraction of sp³-hybridized carbons (Fsp3) is 0.462. The van der Waals surface area contributed by atoms with E-state index in [1.807, 2.05) is 6.92 Å². The summed E-state index contributed by atoms with van der Waals surface area (Å²) in [6.07, 6.45) is 1.69. The number of hydrogen-bond donors (Lipinski definition) is 2. The van der Waals surface area contributed by atoms with Crippen molar-refractivity contribution < 1.29 is 17.8 Å². The number of carbonyl (C=O) groups is 1. The molecule has 20 heavy (non-hydrogen) atoms. The van der Waals surface area contributed by atoms with Crippen molar-refractivity contribution in [3.63, 3.8) is 0 Å². The summed E-state index contributed by atoms with van der Waals surface area (Å²) in [5, 5.41) is 1.54. The smallest absolute Gasteiger partial charge is 0.235 e. The molecule has 2 atom stereocenters. The Morgan fingerprint density at radius 1 is 1.40 bits per heavy atom. The van der Waals surface area contributed by atoms with E-state index in [9.17, 15) is 17.8 Å². The van der Waals surface area contributed by atoms with Gasteiger partial charge in [0.15, 0.2) is 0 Å². The summed E-state index contributed by atoms with van der Waals surface area (Å²) < 4.78 is 39.4. The molecule has 0 spiro atoms. The lowest BCUT2D eigenvalue weighted by atomic mass is 10.3. The van der Waals surface area contributed by atoms with Gasteiger partial charge in [-0.15, -0.1) is 0 Å². The second kappa shape index (κ2) is 7.33. The lowest BCUT2D eigenvalue weighted by Gasteiger charge is -2.13. The Kier molecular flexibility index (Phi) is 6.06. The Bertz CT molecular complexity index is 500. The average Bonchev–Trinajstić information content (AvgIpc) is 2.36. The van der Waals surface area contributed by atoms with E-state index in [2.05, 4.69) is 5.32 Å². The molecule has 1 aromatic rings. The molecule has 0 saturated heterocycles. The molecule has 0 aliphatic carbocycles. The predicted molar refractivity (Wildman–Crippen MR) is 74.6 cm³/mol. The molecule has 3 N–H and O–H groups in total. The predicted octanol–water partition coefficient (Wildman–Crippen LogP) is 1.96. The van der Waals surface area contributed by atoms with Crippen LogP contribution in [0.5, 0.6) is 0 Å². The van der Waals surface area contributed by atoms with Gasteiger partial charge in [0.2, 0.25) is 5.91 Å². The molecule has 1 aromatic carbocycles. The summed E-state index contributed by atoms with van der Waals surface area (Å²) in [4.78, 5) is 11.1. The highest BCUT2D eigenvalue weighted by Gasteiger charge is 2.26. The molecule has 112 valence electrons. The van der Waals surface area contributed by atoms with Gasteiger partial charge in [0.05, 0.1) is 10.8 Å². The maximum Gasteiger partial charge on any atom is 0.235 e. The third kappa shape index (κ3) is 4.00. The zero-order valence-electron chi connectivity index (χ0n) is 11.4. The average molecular weight is 304 g/mol. The number of amides is 1. The van der Waals surface area contributed by atoms with Crippen molar-refractivity contribution in [3.8, 4) is 0 Å². The van der Waals surface area contributed by atoms with Crippen LogP contribution in [0.3, 0.4) is 0 Å². The molecule has 0 fully saturated rings. The van der Waals surface area contributed by atoms with Gasteiger partial charge in [-0.3, -0.25) is 9.00 Å². The summed E-state index contributed by atoms with van der Waals surface area (Å²) in [5.74, 6) is -2.50. The molecule has 0 radical (unpaired) electrons. The van der Waals surface area contributed by atoms with Crippen molar-refractivity contribution in [1.29, 1.82) is 0 Å². The van der Waals surface area contributed by atoms with Crippen LogP contribution in [-0.2, 0) is 15.6 Å². The van der Waals surface area contributed by atoms with Gasteiger partial charge in [-0.2, -0.15) is 0 Å². The second-order valence-electron chi connectivity index (χ2n) is 4.40. The van der Waals surface area contributed by atoms with Crippen LogP contribution in [0.4, 0.5) is 14.5 Å². The van der Waals surface area contributed by atoms with Crippen LogP contribution in [0.1, 0.15) is 26.7 Å². The third-order valence-electron chi connectivity index (χ3n) is 2.74. The molecule has 1 amide bonds. The number of hydrogen-bond acceptors (Lipinski definition) is 3. The largest absolute Gasteiger partial charge is 0.399 e. The van der Waals surface area contributed by atoms with Gasteiger partial charge in [-0.05, 0) is 25.5 Å². The number of nitrogens with two attached hydrogens (primary N) is 1. The quantitative estimate of drug-likeness (QED) is 0.623. The van der Waals surface area contributed by atoms with Crippen LogP contribution in [0.25, 0.3) is 0 Å². The first-order valence-corrected chi connectivity index (χ1v) is 7.52. The van der Waals surface area contributed by atoms with Gasteiger partial charge in [0, 0.05) is 12.2 Å². The number of benzene rings is 1. The number of anilines is 1. The molecule has 0 aliphatic rings. The van der Waals surface area contributed by atoms with Gasteiger partial charge in [-0.25, -0.2) is 8.78 Å². The highest BCUT2D eigenvalue weighted by atomic mass is 32.2. The first kappa shape index (κ1) is 16.6. The van der Waals surface area contributed by atoms with Gasteiger partial charge in [0.25, 0.3) is 0 Å². The highest BCUT2D eigenvalue weighted by Crippen LogP contribution is 2.22. The summed E-state index contributed by atoms with van der Waals surface area (Å²) >= 11 is 0. The molecule has 0 aliphatic heterocycles. The summed E-state index contributed by atoms with van der Waals surface area (Å²) in [6.45, 7) is 3.78. The van der Waals surface area contributed by atoms with Crippen LogP contribution in [-0.4, -0.2) is 21.9 Å². The second-order valence-corrected chi connectivity index (χ2v) is 6.11. The fourth-order valence-electron chi connectivity index (χ4n) is 1.58. The molecule has 0 aromatic heterocycles. The lowest BCUT2D eigenvalue weighted by Crippen LogP contribution is -2.36. The van der Waals surface area contributed by atoms with E-state index in [0.29, 0.717) is 6.54 Å². The minimum Gasteiger partial charge on any atom is -0.399 e. The molecule has 1 rings (SSSR count). The highest BCUT2D eigenvalue weighted by molar-refractivity contribution is 7.86. The first-order valence-electron chi connectivity index (χ1n) is 6.31. The van der Waals surface area contributed by atoms with Crippen LogP contribution >= 0.6 is 0 Å². The Balaban J connectivity index is 2.87. The molecular formula is C13H18F2N2O2S. The van der Waals surface area contributed by atoms with E-state index in [1.54, 1.807) is 0 Å². The Morgan fingerprint density at radius 3 is 2.45 bits per heavy atom. The molecule has 4 nitrogen and oxygen atoms in total. The van der Waals surface area contributed by atoms with E-state index in [-0.39, 0.29) is 5.69 Å². The van der Waals surface area contributed by atoms with Crippen molar-refractivity contribution >= 4 is 22.4 Å². The SMILES string of the molecule is CCCCNC(=O)C(C)S(=O)c1c(F)cc(N)cc1F. The van der Waals surface area contributed by atoms with Crippen LogP contribution in [0.2, 0.25) is 0 Å². The molecule has 0 heterocycles. The number of halogens is 2. The number of unbranched alkanes of at least 4 members (excludes halogenated alkanes) is 1. The summed E-state index contributed by atoms with van der Waals surface area (Å²) in [6, 6.07) is 1.77. The lowest BCUT2D eigenvalue weighted by molar-refractivity contribution is -0.120. The van der Waals surface area contributed by atoms with Crippen LogP contribution in [0.15, 0.2) is 17.0 Å². The standard InChI is InChI=1S/C13H18F2N2O2S/c1-3-4-5-17-13(18)8(2)20(19)12-10(14)6-9(16)7-11(12)15/h6-8H,3-5,16H2,1-2H3,(H,17,18). The molecule has 2 unspecified atom stereocenters. The van der Waals surface area contributed by atoms with E-state index < -0.39 is 38.5 Å². The van der Waals surface area contributed by atoms with Crippen LogP contribution in [0, 0.1) is 11.6 Å². The molecular weight excluding hydrogens is 286 g/mol. The maximum atomic E-state index is 13.6. The number of carbonyl (C=O) groups excluding carboxylic acids is 1. The number of nitrogens with one attached hydrogen (secondary N) is 1. The van der Waals surface area contributed by atoms with Gasteiger partial charge in [-0.1, -0.05) is 13.3 Å². The van der Waals surface area contributed by atoms with Crippen LogP contribution < -0.4 is 11.1 Å². The van der Waals surface area contributed by atoms with E-state index >= 15 is 0 Å². The normalized spacial score (nSPS) is 13.8. The van der Waals surface area contributed by atoms with Gasteiger partial charge < -0.3 is 11.1 Å². The number of rotatable bonds is 6. The van der Waals surface area contributed by atoms with E-state index in [1.165, 1.54) is 6.92 Å².